The number of rotatable bonds is 4. The molecule has 0 spiro atoms. The Bertz CT molecular complexity index is 1180. The number of amides is 3. The lowest BCUT2D eigenvalue weighted by Gasteiger charge is -2.25. The predicted molar refractivity (Wildman–Crippen MR) is 126 cm³/mol. The zero-order chi connectivity index (χ0) is 24.0. The van der Waals surface area contributed by atoms with Crippen LogP contribution in [0.3, 0.4) is 0 Å². The number of carbonyl (C=O) groups excluding carboxylic acids is 4. The highest BCUT2D eigenvalue weighted by molar-refractivity contribution is 6.22. The third-order valence-corrected chi connectivity index (χ3v) is 7.35. The molecule has 3 amide bonds. The van der Waals surface area contributed by atoms with Gasteiger partial charge >= 0.3 is 5.97 Å². The quantitative estimate of drug-likeness (QED) is 0.393. The Balaban J connectivity index is 1.30. The van der Waals surface area contributed by atoms with E-state index < -0.39 is 11.9 Å². The molecular weight excluding hydrogens is 432 g/mol. The third kappa shape index (κ3) is 3.89. The van der Waals surface area contributed by atoms with Gasteiger partial charge in [-0.05, 0) is 55.9 Å². The molecule has 0 N–H and O–H groups in total. The van der Waals surface area contributed by atoms with E-state index in [2.05, 4.69) is 6.92 Å². The summed E-state index contributed by atoms with van der Waals surface area (Å²) in [6.45, 7) is 4.30. The number of esters is 1. The summed E-state index contributed by atoms with van der Waals surface area (Å²) in [6.07, 6.45) is 2.49. The van der Waals surface area contributed by atoms with Crippen molar-refractivity contribution in [3.05, 3.63) is 54.1 Å². The Morgan fingerprint density at radius 3 is 2.53 bits per heavy atom. The van der Waals surface area contributed by atoms with Crippen molar-refractivity contribution in [3.63, 3.8) is 0 Å². The van der Waals surface area contributed by atoms with Crippen LogP contribution in [0.5, 0.6) is 5.75 Å². The number of aryl methyl sites for hydroxylation is 1. The van der Waals surface area contributed by atoms with Crippen molar-refractivity contribution in [2.45, 2.75) is 39.5 Å². The van der Waals surface area contributed by atoms with E-state index in [9.17, 15) is 19.2 Å². The molecule has 2 aromatic rings. The van der Waals surface area contributed by atoms with Gasteiger partial charge in [0.25, 0.3) is 0 Å². The van der Waals surface area contributed by atoms with Gasteiger partial charge in [0, 0.05) is 24.7 Å². The summed E-state index contributed by atoms with van der Waals surface area (Å²) in [5.74, 6) is -1.37. The summed E-state index contributed by atoms with van der Waals surface area (Å²) in [4.78, 5) is 54.4. The molecule has 0 bridgehead atoms. The standard InChI is InChI=1S/C27H28N2O5/c1-16-10-11-21-22(12-16)26(32)29(25(21)31)19-7-5-8-20(14-19)34-27(33)18-13-24(30)28(15-18)23-9-4-3-6-17(23)2/h3-9,14,16,18,21-22H,10-13,15H2,1-2H3/t16-,18+,21+,22+/m0/s1. The second-order valence-corrected chi connectivity index (χ2v) is 9.75. The summed E-state index contributed by atoms with van der Waals surface area (Å²) < 4.78 is 5.60. The molecular formula is C27H28N2O5. The predicted octanol–water partition coefficient (Wildman–Crippen LogP) is 3.88. The monoisotopic (exact) mass is 460 g/mol. The Labute approximate surface area is 198 Å². The third-order valence-electron chi connectivity index (χ3n) is 7.35. The van der Waals surface area contributed by atoms with Gasteiger partial charge in [-0.25, -0.2) is 4.90 Å². The minimum atomic E-state index is -0.588. The van der Waals surface area contributed by atoms with E-state index in [4.69, 9.17) is 4.74 Å². The maximum absolute atomic E-state index is 13.0. The number of para-hydroxylation sites is 1. The Hall–Kier alpha value is -3.48. The number of fused-ring (bicyclic) bond motifs is 1. The lowest BCUT2D eigenvalue weighted by atomic mass is 9.76. The van der Waals surface area contributed by atoms with Crippen LogP contribution in [-0.2, 0) is 19.2 Å². The van der Waals surface area contributed by atoms with E-state index >= 15 is 0 Å². The molecule has 0 radical (unpaired) electrons. The molecule has 0 aromatic heterocycles. The smallest absolute Gasteiger partial charge is 0.316 e. The van der Waals surface area contributed by atoms with Gasteiger partial charge in [0.05, 0.1) is 23.4 Å². The Kier molecular flexibility index (Phi) is 5.71. The fourth-order valence-corrected chi connectivity index (χ4v) is 5.49. The Morgan fingerprint density at radius 1 is 0.971 bits per heavy atom. The number of benzene rings is 2. The number of hydrogen-bond acceptors (Lipinski definition) is 5. The topological polar surface area (TPSA) is 84.0 Å². The van der Waals surface area contributed by atoms with Crippen molar-refractivity contribution >= 4 is 35.1 Å². The molecule has 7 nitrogen and oxygen atoms in total. The van der Waals surface area contributed by atoms with Crippen LogP contribution in [0.4, 0.5) is 11.4 Å². The van der Waals surface area contributed by atoms with Crippen molar-refractivity contribution in [1.82, 2.24) is 0 Å². The SMILES string of the molecule is Cc1ccccc1N1C[C@H](C(=O)Oc2cccc(N3C(=O)[C@@H]4CC[C@H](C)C[C@H]4C3=O)c2)CC1=O. The van der Waals surface area contributed by atoms with Crippen molar-refractivity contribution in [1.29, 1.82) is 0 Å². The fourth-order valence-electron chi connectivity index (χ4n) is 5.49. The first-order valence-electron chi connectivity index (χ1n) is 11.9. The molecule has 2 heterocycles. The van der Waals surface area contributed by atoms with Crippen LogP contribution in [0.2, 0.25) is 0 Å². The molecule has 1 aliphatic carbocycles. The molecule has 34 heavy (non-hydrogen) atoms. The minimum Gasteiger partial charge on any atom is -0.426 e. The second kappa shape index (κ2) is 8.70. The van der Waals surface area contributed by atoms with E-state index in [1.165, 1.54) is 4.90 Å². The molecule has 3 aliphatic rings. The lowest BCUT2D eigenvalue weighted by molar-refractivity contribution is -0.139. The lowest BCUT2D eigenvalue weighted by Crippen LogP contribution is -2.31. The number of ether oxygens (including phenoxy) is 1. The first kappa shape index (κ1) is 22.3. The van der Waals surface area contributed by atoms with Crippen LogP contribution in [0, 0.1) is 30.6 Å². The van der Waals surface area contributed by atoms with Gasteiger partial charge < -0.3 is 9.64 Å². The highest BCUT2D eigenvalue weighted by atomic mass is 16.5. The van der Waals surface area contributed by atoms with Crippen molar-refractivity contribution < 1.29 is 23.9 Å². The van der Waals surface area contributed by atoms with Crippen LogP contribution in [0.15, 0.2) is 48.5 Å². The first-order valence-corrected chi connectivity index (χ1v) is 11.9. The maximum atomic E-state index is 13.0. The zero-order valence-corrected chi connectivity index (χ0v) is 19.4. The second-order valence-electron chi connectivity index (χ2n) is 9.75. The van der Waals surface area contributed by atoms with Crippen molar-refractivity contribution in [3.8, 4) is 5.75 Å². The van der Waals surface area contributed by atoms with Crippen LogP contribution >= 0.6 is 0 Å². The summed E-state index contributed by atoms with van der Waals surface area (Å²) in [5, 5.41) is 0. The maximum Gasteiger partial charge on any atom is 0.316 e. The highest BCUT2D eigenvalue weighted by Crippen LogP contribution is 2.42. The molecule has 2 saturated heterocycles. The summed E-state index contributed by atoms with van der Waals surface area (Å²) in [7, 11) is 0. The largest absolute Gasteiger partial charge is 0.426 e. The van der Waals surface area contributed by atoms with E-state index in [1.807, 2.05) is 31.2 Å². The molecule has 2 aliphatic heterocycles. The molecule has 4 atom stereocenters. The van der Waals surface area contributed by atoms with Crippen molar-refractivity contribution in [2.75, 3.05) is 16.3 Å². The van der Waals surface area contributed by atoms with Crippen LogP contribution in [0.25, 0.3) is 0 Å². The molecule has 2 aromatic carbocycles. The number of anilines is 2. The normalized spacial score (nSPS) is 26.7. The van der Waals surface area contributed by atoms with E-state index in [1.54, 1.807) is 29.2 Å². The van der Waals surface area contributed by atoms with E-state index in [-0.39, 0.29) is 48.3 Å². The molecule has 1 saturated carbocycles. The zero-order valence-electron chi connectivity index (χ0n) is 19.4. The number of carbonyl (C=O) groups is 4. The van der Waals surface area contributed by atoms with Gasteiger partial charge in [-0.15, -0.1) is 0 Å². The van der Waals surface area contributed by atoms with Gasteiger partial charge in [-0.2, -0.15) is 0 Å². The summed E-state index contributed by atoms with van der Waals surface area (Å²) in [5.41, 5.74) is 2.19. The van der Waals surface area contributed by atoms with Gasteiger partial charge in [-0.1, -0.05) is 31.2 Å². The minimum absolute atomic E-state index is 0.0809. The Morgan fingerprint density at radius 2 is 1.74 bits per heavy atom. The molecule has 0 unspecified atom stereocenters. The van der Waals surface area contributed by atoms with Crippen LogP contribution in [0.1, 0.15) is 38.2 Å². The fraction of sp³-hybridized carbons (Fsp3) is 0.407. The van der Waals surface area contributed by atoms with E-state index in [0.29, 0.717) is 11.6 Å². The number of hydrogen-bond donors (Lipinski definition) is 0. The molecule has 5 rings (SSSR count). The average Bonchev–Trinajstić information content (AvgIpc) is 3.31. The van der Waals surface area contributed by atoms with Crippen LogP contribution < -0.4 is 14.5 Å². The summed E-state index contributed by atoms with van der Waals surface area (Å²) >= 11 is 0. The average molecular weight is 461 g/mol. The number of imide groups is 1. The van der Waals surface area contributed by atoms with Gasteiger partial charge in [0.1, 0.15) is 5.75 Å². The van der Waals surface area contributed by atoms with Gasteiger partial charge in [0.15, 0.2) is 0 Å². The highest BCUT2D eigenvalue weighted by Gasteiger charge is 2.50. The molecule has 176 valence electrons. The molecule has 7 heteroatoms. The van der Waals surface area contributed by atoms with Crippen LogP contribution in [-0.4, -0.2) is 30.2 Å². The van der Waals surface area contributed by atoms with E-state index in [0.717, 1.165) is 30.5 Å². The van der Waals surface area contributed by atoms with Crippen molar-refractivity contribution in [2.24, 2.45) is 23.7 Å². The first-order chi connectivity index (χ1) is 16.3. The van der Waals surface area contributed by atoms with Gasteiger partial charge in [0.2, 0.25) is 17.7 Å². The summed E-state index contributed by atoms with van der Waals surface area (Å²) in [6, 6.07) is 14.1. The van der Waals surface area contributed by atoms with Gasteiger partial charge in [-0.3, -0.25) is 19.2 Å². The molecule has 3 fully saturated rings. The number of nitrogens with zero attached hydrogens (tertiary/aromatic N) is 2.